The molecule has 0 bridgehead atoms. The van der Waals surface area contributed by atoms with Crippen LogP contribution in [0.4, 0.5) is 11.6 Å². The summed E-state index contributed by atoms with van der Waals surface area (Å²) in [6, 6.07) is 0. The third kappa shape index (κ3) is 2.89. The Morgan fingerprint density at radius 2 is 2.08 bits per heavy atom. The van der Waals surface area contributed by atoms with E-state index in [4.69, 9.17) is 11.5 Å². The summed E-state index contributed by atoms with van der Waals surface area (Å²) in [6.45, 7) is 2.16. The molecule has 0 spiro atoms. The zero-order chi connectivity index (χ0) is 9.68. The molecule has 0 aromatic carbocycles. The first kappa shape index (κ1) is 9.77. The van der Waals surface area contributed by atoms with Crippen molar-refractivity contribution >= 4 is 11.6 Å². The molecule has 1 heterocycles. The monoisotopic (exact) mass is 180 g/mol. The van der Waals surface area contributed by atoms with Crippen molar-refractivity contribution in [3.63, 3.8) is 0 Å². The molecular formula is C9H16N4. The van der Waals surface area contributed by atoms with Crippen molar-refractivity contribution in [3.8, 4) is 0 Å². The molecule has 1 aromatic rings. The molecule has 13 heavy (non-hydrogen) atoms. The van der Waals surface area contributed by atoms with Crippen LogP contribution in [-0.2, 0) is 6.42 Å². The van der Waals surface area contributed by atoms with Gasteiger partial charge in [0.15, 0.2) is 0 Å². The fraction of sp³-hybridized carbons (Fsp3) is 0.556. The van der Waals surface area contributed by atoms with E-state index < -0.39 is 0 Å². The van der Waals surface area contributed by atoms with Gasteiger partial charge in [-0.1, -0.05) is 19.8 Å². The lowest BCUT2D eigenvalue weighted by Gasteiger charge is -2.03. The standard InChI is InChI=1S/C9H16N4/c1-2-3-4-5-7-9(11)13-8(10)6-12-7/h6H,2-5H2,1H3,(H4,10,11,13). The number of aromatic nitrogens is 2. The highest BCUT2D eigenvalue weighted by Gasteiger charge is 2.01. The molecule has 72 valence electrons. The van der Waals surface area contributed by atoms with Gasteiger partial charge in [0.25, 0.3) is 0 Å². The minimum absolute atomic E-state index is 0.386. The van der Waals surface area contributed by atoms with Crippen molar-refractivity contribution < 1.29 is 0 Å². The van der Waals surface area contributed by atoms with E-state index in [2.05, 4.69) is 16.9 Å². The SMILES string of the molecule is CCCCCc1ncc(N)nc1N. The summed E-state index contributed by atoms with van der Waals surface area (Å²) in [6.07, 6.45) is 5.96. The van der Waals surface area contributed by atoms with Crippen molar-refractivity contribution in [2.75, 3.05) is 11.5 Å². The van der Waals surface area contributed by atoms with Gasteiger partial charge in [-0.05, 0) is 12.8 Å². The molecule has 0 fully saturated rings. The zero-order valence-corrected chi connectivity index (χ0v) is 7.95. The second kappa shape index (κ2) is 4.64. The van der Waals surface area contributed by atoms with Crippen molar-refractivity contribution in [1.29, 1.82) is 0 Å². The third-order valence-corrected chi connectivity index (χ3v) is 1.92. The quantitative estimate of drug-likeness (QED) is 0.686. The minimum atomic E-state index is 0.386. The number of nitrogens with two attached hydrogens (primary N) is 2. The number of nitrogen functional groups attached to an aromatic ring is 2. The Morgan fingerprint density at radius 1 is 1.31 bits per heavy atom. The fourth-order valence-corrected chi connectivity index (χ4v) is 1.18. The normalized spacial score (nSPS) is 10.2. The molecule has 0 aliphatic carbocycles. The van der Waals surface area contributed by atoms with E-state index in [0.29, 0.717) is 11.6 Å². The van der Waals surface area contributed by atoms with Crippen LogP contribution in [0.5, 0.6) is 0 Å². The number of rotatable bonds is 4. The first-order valence-electron chi connectivity index (χ1n) is 4.61. The number of anilines is 2. The molecule has 0 unspecified atom stereocenters. The maximum absolute atomic E-state index is 5.65. The zero-order valence-electron chi connectivity index (χ0n) is 7.95. The number of unbranched alkanes of at least 4 members (excludes halogenated alkanes) is 2. The molecule has 4 heteroatoms. The summed E-state index contributed by atoms with van der Waals surface area (Å²) in [4.78, 5) is 8.08. The van der Waals surface area contributed by atoms with E-state index in [-0.39, 0.29) is 0 Å². The van der Waals surface area contributed by atoms with E-state index in [1.165, 1.54) is 12.8 Å². The van der Waals surface area contributed by atoms with Gasteiger partial charge in [0, 0.05) is 0 Å². The van der Waals surface area contributed by atoms with Crippen LogP contribution in [0.2, 0.25) is 0 Å². The van der Waals surface area contributed by atoms with Gasteiger partial charge in [-0.15, -0.1) is 0 Å². The molecule has 0 radical (unpaired) electrons. The number of aryl methyl sites for hydroxylation is 1. The second-order valence-corrected chi connectivity index (χ2v) is 3.08. The fourth-order valence-electron chi connectivity index (χ4n) is 1.18. The van der Waals surface area contributed by atoms with Crippen LogP contribution >= 0.6 is 0 Å². The summed E-state index contributed by atoms with van der Waals surface area (Å²) in [5, 5.41) is 0. The first-order valence-corrected chi connectivity index (χ1v) is 4.61. The Balaban J connectivity index is 2.56. The highest BCUT2D eigenvalue weighted by Crippen LogP contribution is 2.10. The van der Waals surface area contributed by atoms with Gasteiger partial charge < -0.3 is 11.5 Å². The summed E-state index contributed by atoms with van der Waals surface area (Å²) in [5.41, 5.74) is 11.9. The average molecular weight is 180 g/mol. The first-order chi connectivity index (χ1) is 6.24. The lowest BCUT2D eigenvalue weighted by Crippen LogP contribution is -2.03. The van der Waals surface area contributed by atoms with Gasteiger partial charge in [0.1, 0.15) is 11.6 Å². The minimum Gasteiger partial charge on any atom is -0.382 e. The summed E-state index contributed by atoms with van der Waals surface area (Å²) >= 11 is 0. The molecule has 0 saturated heterocycles. The van der Waals surface area contributed by atoms with Crippen molar-refractivity contribution in [2.45, 2.75) is 32.6 Å². The Labute approximate surface area is 78.4 Å². The van der Waals surface area contributed by atoms with Gasteiger partial charge >= 0.3 is 0 Å². The maximum atomic E-state index is 5.65. The van der Waals surface area contributed by atoms with Crippen LogP contribution in [-0.4, -0.2) is 9.97 Å². The number of hydrogen-bond donors (Lipinski definition) is 2. The van der Waals surface area contributed by atoms with Crippen LogP contribution < -0.4 is 11.5 Å². The number of nitrogens with zero attached hydrogens (tertiary/aromatic N) is 2. The van der Waals surface area contributed by atoms with E-state index >= 15 is 0 Å². The van der Waals surface area contributed by atoms with E-state index in [1.807, 2.05) is 0 Å². The predicted octanol–water partition coefficient (Wildman–Crippen LogP) is 1.37. The third-order valence-electron chi connectivity index (χ3n) is 1.92. The molecule has 0 saturated carbocycles. The second-order valence-electron chi connectivity index (χ2n) is 3.08. The summed E-state index contributed by atoms with van der Waals surface area (Å²) in [7, 11) is 0. The molecular weight excluding hydrogens is 164 g/mol. The summed E-state index contributed by atoms with van der Waals surface area (Å²) in [5.74, 6) is 0.854. The van der Waals surface area contributed by atoms with Crippen LogP contribution in [0.3, 0.4) is 0 Å². The topological polar surface area (TPSA) is 77.8 Å². The van der Waals surface area contributed by atoms with Crippen molar-refractivity contribution in [2.24, 2.45) is 0 Å². The molecule has 1 aromatic heterocycles. The Bertz CT molecular complexity index is 272. The van der Waals surface area contributed by atoms with Crippen molar-refractivity contribution in [3.05, 3.63) is 11.9 Å². The molecule has 4 N–H and O–H groups in total. The Morgan fingerprint density at radius 3 is 2.69 bits per heavy atom. The van der Waals surface area contributed by atoms with Gasteiger partial charge in [-0.2, -0.15) is 0 Å². The van der Waals surface area contributed by atoms with Crippen LogP contribution in [0, 0.1) is 0 Å². The van der Waals surface area contributed by atoms with Crippen LogP contribution in [0.25, 0.3) is 0 Å². The van der Waals surface area contributed by atoms with Gasteiger partial charge in [0.2, 0.25) is 0 Å². The van der Waals surface area contributed by atoms with Gasteiger partial charge in [-0.25, -0.2) is 4.98 Å². The lowest BCUT2D eigenvalue weighted by atomic mass is 10.1. The molecule has 0 amide bonds. The van der Waals surface area contributed by atoms with E-state index in [9.17, 15) is 0 Å². The summed E-state index contributed by atoms with van der Waals surface area (Å²) < 4.78 is 0. The van der Waals surface area contributed by atoms with E-state index in [0.717, 1.165) is 18.5 Å². The highest BCUT2D eigenvalue weighted by atomic mass is 15.0. The smallest absolute Gasteiger partial charge is 0.147 e. The maximum Gasteiger partial charge on any atom is 0.147 e. The molecule has 0 aliphatic heterocycles. The average Bonchev–Trinajstić information content (AvgIpc) is 2.09. The lowest BCUT2D eigenvalue weighted by molar-refractivity contribution is 0.707. The number of hydrogen-bond acceptors (Lipinski definition) is 4. The molecule has 0 atom stereocenters. The van der Waals surface area contributed by atoms with Gasteiger partial charge in [0.05, 0.1) is 11.9 Å². The van der Waals surface area contributed by atoms with E-state index in [1.54, 1.807) is 6.20 Å². The van der Waals surface area contributed by atoms with Crippen LogP contribution in [0.1, 0.15) is 31.9 Å². The molecule has 1 rings (SSSR count). The molecule has 4 nitrogen and oxygen atoms in total. The predicted molar refractivity (Wildman–Crippen MR) is 54.1 cm³/mol. The Hall–Kier alpha value is -1.32. The Kier molecular flexibility index (Phi) is 3.49. The highest BCUT2D eigenvalue weighted by molar-refractivity contribution is 5.40. The molecule has 0 aliphatic rings. The largest absolute Gasteiger partial charge is 0.382 e. The van der Waals surface area contributed by atoms with Crippen LogP contribution in [0.15, 0.2) is 6.20 Å². The van der Waals surface area contributed by atoms with Gasteiger partial charge in [-0.3, -0.25) is 4.98 Å². The van der Waals surface area contributed by atoms with Crippen molar-refractivity contribution in [1.82, 2.24) is 9.97 Å².